The van der Waals surface area contributed by atoms with Crippen LogP contribution in [0, 0.1) is 27.7 Å². The summed E-state index contributed by atoms with van der Waals surface area (Å²) in [5.41, 5.74) is 8.12. The minimum Gasteiger partial charge on any atom is -0.0776 e. The van der Waals surface area contributed by atoms with Crippen LogP contribution in [0.2, 0.25) is 0 Å². The summed E-state index contributed by atoms with van der Waals surface area (Å²) < 4.78 is 0. The molecule has 50 heavy (non-hydrogen) atoms. The highest BCUT2D eigenvalue weighted by atomic mass is 14.0. The lowest BCUT2D eigenvalue weighted by Gasteiger charge is -2.04. The standard InChI is InChI=1S/C12H10.C10H8.C10H14.8C2H6.2CH4/c1-3-7-11(8-4-1)12-9-5-2-6-10-12;1-2-6-10-8-4-3-7-9(10)5-1;1-7-5-9(3)10(4)6-8(7)2;8*1-2;;/h1-10H;1-8H;5-6H,1-4H3;8*1-2H3;2*1H4. The van der Waals surface area contributed by atoms with Crippen LogP contribution in [0.1, 0.15) is 148 Å². The molecule has 0 radical (unpaired) electrons. The Bertz CT molecular complexity index is 1080. The van der Waals surface area contributed by atoms with Gasteiger partial charge >= 0.3 is 0 Å². The van der Waals surface area contributed by atoms with E-state index in [0.29, 0.717) is 0 Å². The van der Waals surface area contributed by atoms with Gasteiger partial charge in [0.1, 0.15) is 0 Å². The van der Waals surface area contributed by atoms with E-state index >= 15 is 0 Å². The van der Waals surface area contributed by atoms with Gasteiger partial charge in [0.2, 0.25) is 0 Å². The van der Waals surface area contributed by atoms with Gasteiger partial charge in [0.15, 0.2) is 0 Å². The van der Waals surface area contributed by atoms with E-state index in [1.165, 1.54) is 44.2 Å². The van der Waals surface area contributed by atoms with E-state index in [-0.39, 0.29) is 14.9 Å². The molecule has 0 bridgehead atoms. The van der Waals surface area contributed by atoms with E-state index < -0.39 is 0 Å². The molecular weight excluding hydrogens is 601 g/mol. The van der Waals surface area contributed by atoms with Crippen LogP contribution in [0.25, 0.3) is 21.9 Å². The summed E-state index contributed by atoms with van der Waals surface area (Å²) in [6, 6.07) is 42.0. The number of hydrogen-bond acceptors (Lipinski definition) is 0. The third kappa shape index (κ3) is 32.9. The summed E-state index contributed by atoms with van der Waals surface area (Å²) in [5, 5.41) is 2.62. The largest absolute Gasteiger partial charge is 0.0776 e. The van der Waals surface area contributed by atoms with Crippen LogP contribution in [0.5, 0.6) is 0 Å². The molecule has 5 aromatic rings. The molecule has 0 saturated carbocycles. The highest BCUT2D eigenvalue weighted by molar-refractivity contribution is 5.82. The molecule has 288 valence electrons. The maximum Gasteiger partial charge on any atom is -0.0184 e. The quantitative estimate of drug-likeness (QED) is 0.164. The molecule has 0 fully saturated rings. The van der Waals surface area contributed by atoms with Crippen LogP contribution in [-0.4, -0.2) is 0 Å². The maximum absolute atomic E-state index is 2.24. The van der Waals surface area contributed by atoms with Crippen LogP contribution in [0.4, 0.5) is 0 Å². The van der Waals surface area contributed by atoms with Crippen LogP contribution in [0.3, 0.4) is 0 Å². The maximum atomic E-state index is 2.24. The highest BCUT2D eigenvalue weighted by Crippen LogP contribution is 2.17. The Morgan fingerprint density at radius 3 is 0.580 bits per heavy atom. The summed E-state index contributed by atoms with van der Waals surface area (Å²) in [7, 11) is 0. The molecule has 5 aromatic carbocycles. The van der Waals surface area contributed by atoms with Gasteiger partial charge in [-0.15, -0.1) is 0 Å². The Kier molecular flexibility index (Phi) is 71.0. The molecule has 0 heterocycles. The van der Waals surface area contributed by atoms with Crippen molar-refractivity contribution in [1.82, 2.24) is 0 Å². The first-order valence-corrected chi connectivity index (χ1v) is 19.1. The Morgan fingerprint density at radius 1 is 0.240 bits per heavy atom. The molecule has 0 heteroatoms. The van der Waals surface area contributed by atoms with Crippen LogP contribution >= 0.6 is 0 Å². The molecule has 0 spiro atoms. The van der Waals surface area contributed by atoms with Crippen molar-refractivity contribution < 1.29 is 0 Å². The van der Waals surface area contributed by atoms with Gasteiger partial charge in [-0.05, 0) is 71.8 Å². The SMILES string of the molecule is C.C.CC.CC.CC.CC.CC.CC.CC.CC.Cc1cc(C)c(C)cc1C.c1ccc(-c2ccccc2)cc1.c1ccc2ccccc2c1. The number of fused-ring (bicyclic) bond motifs is 1. The van der Waals surface area contributed by atoms with E-state index in [1.54, 1.807) is 0 Å². The summed E-state index contributed by atoms with van der Waals surface area (Å²) >= 11 is 0. The number of rotatable bonds is 1. The van der Waals surface area contributed by atoms with Crippen LogP contribution < -0.4 is 0 Å². The van der Waals surface area contributed by atoms with Crippen molar-refractivity contribution in [2.24, 2.45) is 0 Å². The van der Waals surface area contributed by atoms with Crippen LogP contribution in [-0.2, 0) is 0 Å². The van der Waals surface area contributed by atoms with Crippen molar-refractivity contribution in [3.05, 3.63) is 144 Å². The van der Waals surface area contributed by atoms with Gasteiger partial charge in [-0.3, -0.25) is 0 Å². The van der Waals surface area contributed by atoms with Gasteiger partial charge in [-0.2, -0.15) is 0 Å². The van der Waals surface area contributed by atoms with Gasteiger partial charge in [-0.1, -0.05) is 247 Å². The molecule has 0 amide bonds. The van der Waals surface area contributed by atoms with E-state index in [0.717, 1.165) is 0 Å². The average Bonchev–Trinajstić information content (AvgIpc) is 3.21. The van der Waals surface area contributed by atoms with E-state index in [1.807, 2.05) is 123 Å². The van der Waals surface area contributed by atoms with E-state index in [4.69, 9.17) is 0 Å². The number of benzene rings is 5. The summed E-state index contributed by atoms with van der Waals surface area (Å²) in [5.74, 6) is 0. The number of hydrogen-bond donors (Lipinski definition) is 0. The second kappa shape index (κ2) is 54.8. The van der Waals surface area contributed by atoms with Crippen molar-refractivity contribution in [3.8, 4) is 11.1 Å². The Hall–Kier alpha value is -3.64. The molecule has 0 aliphatic rings. The minimum absolute atomic E-state index is 0. The first-order chi connectivity index (χ1) is 23.5. The molecule has 0 aliphatic heterocycles. The van der Waals surface area contributed by atoms with Gasteiger partial charge in [-0.25, -0.2) is 0 Å². The van der Waals surface area contributed by atoms with E-state index in [9.17, 15) is 0 Å². The average molecular weight is 689 g/mol. The van der Waals surface area contributed by atoms with Crippen molar-refractivity contribution in [2.45, 2.75) is 153 Å². The van der Waals surface area contributed by atoms with Crippen LogP contribution in [0.15, 0.2) is 121 Å². The van der Waals surface area contributed by atoms with Gasteiger partial charge in [0, 0.05) is 0 Å². The van der Waals surface area contributed by atoms with Gasteiger partial charge in [0.05, 0.1) is 0 Å². The molecule has 0 N–H and O–H groups in total. The third-order valence-electron chi connectivity index (χ3n) is 5.65. The zero-order valence-corrected chi connectivity index (χ0v) is 35.5. The third-order valence-corrected chi connectivity index (χ3v) is 5.65. The fraction of sp³-hybridized carbons (Fsp3) is 0.440. The number of aryl methyl sites for hydroxylation is 4. The molecule has 0 saturated heterocycles. The van der Waals surface area contributed by atoms with E-state index in [2.05, 4.69) is 137 Å². The van der Waals surface area contributed by atoms with Crippen molar-refractivity contribution >= 4 is 10.8 Å². The normalized spacial score (nSPS) is 7.28. The Balaban J connectivity index is -0.0000000724. The molecule has 0 atom stereocenters. The Morgan fingerprint density at radius 2 is 0.400 bits per heavy atom. The summed E-state index contributed by atoms with van der Waals surface area (Å²) in [6.45, 7) is 40.6. The smallest absolute Gasteiger partial charge is 0.0184 e. The zero-order valence-electron chi connectivity index (χ0n) is 35.5. The second-order valence-electron chi connectivity index (χ2n) is 8.10. The fourth-order valence-corrected chi connectivity index (χ4v) is 3.50. The predicted octanol–water partition coefficient (Wildman–Crippen LogP) is 18.6. The second-order valence-corrected chi connectivity index (χ2v) is 8.10. The summed E-state index contributed by atoms with van der Waals surface area (Å²) in [6.07, 6.45) is 0. The van der Waals surface area contributed by atoms with Crippen molar-refractivity contribution in [1.29, 1.82) is 0 Å². The first-order valence-electron chi connectivity index (χ1n) is 19.1. The molecule has 5 rings (SSSR count). The van der Waals surface area contributed by atoms with Crippen molar-refractivity contribution in [2.75, 3.05) is 0 Å². The fourth-order valence-electron chi connectivity index (χ4n) is 3.50. The van der Waals surface area contributed by atoms with Gasteiger partial charge < -0.3 is 0 Å². The molecule has 0 nitrogen and oxygen atoms in total. The topological polar surface area (TPSA) is 0 Å². The molecule has 0 aliphatic carbocycles. The van der Waals surface area contributed by atoms with Gasteiger partial charge in [0.25, 0.3) is 0 Å². The van der Waals surface area contributed by atoms with Crippen molar-refractivity contribution in [3.63, 3.8) is 0 Å². The zero-order chi connectivity index (χ0) is 38.8. The monoisotopic (exact) mass is 689 g/mol. The lowest BCUT2D eigenvalue weighted by Crippen LogP contribution is -1.86. The molecule has 0 aromatic heterocycles. The predicted molar refractivity (Wildman–Crippen MR) is 245 cm³/mol. The Labute approximate surface area is 317 Å². The minimum atomic E-state index is 0. The molecule has 0 unspecified atom stereocenters. The highest BCUT2D eigenvalue weighted by Gasteiger charge is 1.95. The lowest BCUT2D eigenvalue weighted by molar-refractivity contribution is 1.24. The first kappa shape index (κ1) is 64.8. The molecular formula is C50H88. The lowest BCUT2D eigenvalue weighted by atomic mass is 10.0. The summed E-state index contributed by atoms with van der Waals surface area (Å²) in [4.78, 5) is 0.